The highest BCUT2D eigenvalue weighted by Gasteiger charge is 2.12. The Morgan fingerprint density at radius 2 is 1.79 bits per heavy atom. The Hall–Kier alpha value is -1.63. The maximum Gasteiger partial charge on any atom is 0.258 e. The predicted octanol–water partition coefficient (Wildman–Crippen LogP) is -0.0848. The van der Waals surface area contributed by atoms with Crippen molar-refractivity contribution >= 4 is 10.0 Å². The number of hydrogen-bond acceptors (Lipinski definition) is 4. The summed E-state index contributed by atoms with van der Waals surface area (Å²) in [6.45, 7) is 0. The zero-order valence-electron chi connectivity index (χ0n) is 7.18. The fourth-order valence-electron chi connectivity index (χ4n) is 1.03. The van der Waals surface area contributed by atoms with Crippen LogP contribution in [-0.2, 0) is 15.9 Å². The highest BCUT2D eigenvalue weighted by Crippen LogP contribution is 2.00. The zero-order valence-corrected chi connectivity index (χ0v) is 8.00. The van der Waals surface area contributed by atoms with E-state index in [0.29, 0.717) is 0 Å². The second-order valence-electron chi connectivity index (χ2n) is 2.71. The first-order valence-electron chi connectivity index (χ1n) is 3.85. The van der Waals surface area contributed by atoms with E-state index in [1.165, 1.54) is 35.8 Å². The van der Waals surface area contributed by atoms with Crippen LogP contribution in [0.5, 0.6) is 0 Å². The lowest BCUT2D eigenvalue weighted by Crippen LogP contribution is -2.16. The van der Waals surface area contributed by atoms with Crippen LogP contribution in [0, 0.1) is 0 Å². The molecule has 0 aromatic carbocycles. The smallest absolute Gasteiger partial charge is 0.258 e. The molecule has 0 bridgehead atoms. The van der Waals surface area contributed by atoms with Gasteiger partial charge in [0.1, 0.15) is 12.2 Å². The van der Waals surface area contributed by atoms with Gasteiger partial charge in [-0.25, -0.2) is 22.4 Å². The van der Waals surface area contributed by atoms with Crippen LogP contribution in [-0.4, -0.2) is 26.9 Å². The molecule has 2 heterocycles. The van der Waals surface area contributed by atoms with Gasteiger partial charge in [-0.3, -0.25) is 0 Å². The summed E-state index contributed by atoms with van der Waals surface area (Å²) in [5.41, 5.74) is 0. The number of hydrogen-bond donors (Lipinski definition) is 0. The molecule has 0 saturated carbocycles. The molecule has 2 rings (SSSR count). The van der Waals surface area contributed by atoms with Gasteiger partial charge >= 0.3 is 0 Å². The van der Waals surface area contributed by atoms with Crippen molar-refractivity contribution in [1.82, 2.24) is 18.5 Å². The summed E-state index contributed by atoms with van der Waals surface area (Å²) in [6, 6.07) is 0. The van der Waals surface area contributed by atoms with Gasteiger partial charge in [-0.05, 0) is 0 Å². The topological polar surface area (TPSA) is 69.8 Å². The van der Waals surface area contributed by atoms with Gasteiger partial charge in [0, 0.05) is 24.8 Å². The molecular formula is C7H8N4O2S. The van der Waals surface area contributed by atoms with Gasteiger partial charge in [0.2, 0.25) is 0 Å². The lowest BCUT2D eigenvalue weighted by atomic mass is 10.9. The maximum atomic E-state index is 11.6. The Balaban J connectivity index is 2.27. The van der Waals surface area contributed by atoms with Gasteiger partial charge in [-0.2, -0.15) is 0 Å². The van der Waals surface area contributed by atoms with Crippen molar-refractivity contribution in [2.24, 2.45) is 0 Å². The third-order valence-electron chi connectivity index (χ3n) is 1.67. The third kappa shape index (κ3) is 1.67. The SMILES string of the molecule is O=S(=O)(Cn1ccnc1)n1ccnc1. The minimum absolute atomic E-state index is 0.136. The van der Waals surface area contributed by atoms with Gasteiger partial charge in [-0.15, -0.1) is 0 Å². The van der Waals surface area contributed by atoms with Crippen molar-refractivity contribution in [3.8, 4) is 0 Å². The monoisotopic (exact) mass is 212 g/mol. The van der Waals surface area contributed by atoms with Crippen LogP contribution in [0.25, 0.3) is 0 Å². The second-order valence-corrected chi connectivity index (χ2v) is 4.55. The van der Waals surface area contributed by atoms with Gasteiger partial charge in [-0.1, -0.05) is 0 Å². The Morgan fingerprint density at radius 3 is 2.36 bits per heavy atom. The van der Waals surface area contributed by atoms with E-state index >= 15 is 0 Å². The van der Waals surface area contributed by atoms with Crippen molar-refractivity contribution in [3.05, 3.63) is 37.4 Å². The first kappa shape index (κ1) is 8.95. The number of nitrogens with zero attached hydrogens (tertiary/aromatic N) is 4. The molecule has 0 aliphatic heterocycles. The molecule has 0 unspecified atom stereocenters. The van der Waals surface area contributed by atoms with Crippen LogP contribution in [0.1, 0.15) is 0 Å². The van der Waals surface area contributed by atoms with Gasteiger partial charge in [0.15, 0.2) is 0 Å². The molecule has 0 spiro atoms. The van der Waals surface area contributed by atoms with Crippen LogP contribution in [0.3, 0.4) is 0 Å². The molecule has 7 heteroatoms. The van der Waals surface area contributed by atoms with Gasteiger partial charge in [0.05, 0.1) is 6.33 Å². The summed E-state index contributed by atoms with van der Waals surface area (Å²) >= 11 is 0. The van der Waals surface area contributed by atoms with Crippen molar-refractivity contribution in [1.29, 1.82) is 0 Å². The minimum atomic E-state index is -3.36. The maximum absolute atomic E-state index is 11.6. The molecular weight excluding hydrogens is 204 g/mol. The lowest BCUT2D eigenvalue weighted by Gasteiger charge is -2.04. The van der Waals surface area contributed by atoms with Gasteiger partial charge < -0.3 is 4.57 Å². The Morgan fingerprint density at radius 1 is 1.07 bits per heavy atom. The van der Waals surface area contributed by atoms with Gasteiger partial charge in [0.25, 0.3) is 10.0 Å². The largest absolute Gasteiger partial charge is 0.321 e. The lowest BCUT2D eigenvalue weighted by molar-refractivity contribution is 0.575. The summed E-state index contributed by atoms with van der Waals surface area (Å²) in [7, 11) is -3.36. The Bertz CT molecular complexity index is 486. The third-order valence-corrected chi connectivity index (χ3v) is 3.16. The first-order valence-corrected chi connectivity index (χ1v) is 5.46. The van der Waals surface area contributed by atoms with E-state index in [4.69, 9.17) is 0 Å². The second kappa shape index (κ2) is 3.26. The van der Waals surface area contributed by atoms with Crippen LogP contribution in [0.2, 0.25) is 0 Å². The standard InChI is InChI=1S/C7H8N4O2S/c12-14(13,11-4-2-9-6-11)7-10-3-1-8-5-10/h1-6H,7H2. The van der Waals surface area contributed by atoms with E-state index in [1.54, 1.807) is 6.20 Å². The quantitative estimate of drug-likeness (QED) is 0.713. The molecule has 0 aliphatic rings. The highest BCUT2D eigenvalue weighted by atomic mass is 32.2. The molecule has 2 aromatic heterocycles. The average Bonchev–Trinajstić information content (AvgIpc) is 2.71. The van der Waals surface area contributed by atoms with E-state index in [-0.39, 0.29) is 5.88 Å². The molecule has 14 heavy (non-hydrogen) atoms. The summed E-state index contributed by atoms with van der Waals surface area (Å²) < 4.78 is 25.8. The predicted molar refractivity (Wildman–Crippen MR) is 48.8 cm³/mol. The van der Waals surface area contributed by atoms with Crippen LogP contribution >= 0.6 is 0 Å². The molecule has 74 valence electrons. The summed E-state index contributed by atoms with van der Waals surface area (Å²) in [5.74, 6) is -0.136. The molecule has 0 saturated heterocycles. The Kier molecular flexibility index (Phi) is 2.08. The van der Waals surface area contributed by atoms with Crippen LogP contribution in [0.4, 0.5) is 0 Å². The average molecular weight is 212 g/mol. The normalized spacial score (nSPS) is 11.7. The molecule has 0 aliphatic carbocycles. The van der Waals surface area contributed by atoms with E-state index < -0.39 is 10.0 Å². The molecule has 0 amide bonds. The van der Waals surface area contributed by atoms with E-state index in [9.17, 15) is 8.42 Å². The molecule has 0 fully saturated rings. The van der Waals surface area contributed by atoms with E-state index in [1.807, 2.05) is 0 Å². The molecule has 0 radical (unpaired) electrons. The van der Waals surface area contributed by atoms with Crippen molar-refractivity contribution in [3.63, 3.8) is 0 Å². The minimum Gasteiger partial charge on any atom is -0.321 e. The molecule has 6 nitrogen and oxygen atoms in total. The molecule has 0 atom stereocenters. The number of aromatic nitrogens is 4. The number of imidazole rings is 2. The molecule has 2 aromatic rings. The Labute approximate surface area is 80.9 Å². The number of rotatable bonds is 3. The van der Waals surface area contributed by atoms with Crippen LogP contribution in [0.15, 0.2) is 37.4 Å². The molecule has 0 N–H and O–H groups in total. The summed E-state index contributed by atoms with van der Waals surface area (Å²) in [5, 5.41) is 0. The first-order chi connectivity index (χ1) is 6.68. The van der Waals surface area contributed by atoms with Crippen molar-refractivity contribution in [2.45, 2.75) is 5.88 Å². The summed E-state index contributed by atoms with van der Waals surface area (Å²) in [4.78, 5) is 7.44. The van der Waals surface area contributed by atoms with Crippen molar-refractivity contribution < 1.29 is 8.42 Å². The fraction of sp³-hybridized carbons (Fsp3) is 0.143. The van der Waals surface area contributed by atoms with Crippen LogP contribution < -0.4 is 0 Å². The zero-order chi connectivity index (χ0) is 10.0. The van der Waals surface area contributed by atoms with Crippen molar-refractivity contribution in [2.75, 3.05) is 0 Å². The summed E-state index contributed by atoms with van der Waals surface area (Å²) in [6.07, 6.45) is 8.65. The highest BCUT2D eigenvalue weighted by molar-refractivity contribution is 7.88. The van der Waals surface area contributed by atoms with E-state index in [0.717, 1.165) is 3.97 Å². The van der Waals surface area contributed by atoms with E-state index in [2.05, 4.69) is 9.97 Å². The fourth-order valence-corrected chi connectivity index (χ4v) is 2.13.